The van der Waals surface area contributed by atoms with E-state index in [1.807, 2.05) is 0 Å². The number of aliphatic hydroxyl groups is 1. The molecule has 0 fully saturated rings. The van der Waals surface area contributed by atoms with Crippen molar-refractivity contribution in [3.63, 3.8) is 0 Å². The number of aryl methyl sites for hydroxylation is 1. The smallest absolute Gasteiger partial charge is 0.385 e. The van der Waals surface area contributed by atoms with Gasteiger partial charge in [-0.2, -0.15) is 13.2 Å². The maximum atomic E-state index is 11.9. The van der Waals surface area contributed by atoms with E-state index in [4.69, 9.17) is 0 Å². The maximum absolute atomic E-state index is 11.9. The normalized spacial score (nSPS) is 14.4. The molecule has 1 heterocycles. The SMILES string of the molecule is CCn1ccnc1C(O)CC(F)(F)F. The first-order valence-corrected chi connectivity index (χ1v) is 4.20. The molecule has 0 aliphatic carbocycles. The van der Waals surface area contributed by atoms with E-state index in [2.05, 4.69) is 4.98 Å². The van der Waals surface area contributed by atoms with Gasteiger partial charge in [-0.15, -0.1) is 0 Å². The van der Waals surface area contributed by atoms with Gasteiger partial charge in [0, 0.05) is 18.9 Å². The minimum atomic E-state index is -4.37. The van der Waals surface area contributed by atoms with Gasteiger partial charge in [0.2, 0.25) is 0 Å². The van der Waals surface area contributed by atoms with Crippen molar-refractivity contribution in [1.29, 1.82) is 0 Å². The molecule has 0 bridgehead atoms. The Labute approximate surface area is 79.2 Å². The number of hydrogen-bond acceptors (Lipinski definition) is 2. The van der Waals surface area contributed by atoms with E-state index in [0.717, 1.165) is 0 Å². The summed E-state index contributed by atoms with van der Waals surface area (Å²) in [7, 11) is 0. The topological polar surface area (TPSA) is 38.0 Å². The molecule has 0 saturated carbocycles. The molecule has 1 aromatic heterocycles. The number of halogens is 3. The van der Waals surface area contributed by atoms with Crippen LogP contribution in [-0.2, 0) is 6.54 Å². The van der Waals surface area contributed by atoms with E-state index >= 15 is 0 Å². The van der Waals surface area contributed by atoms with Crippen LogP contribution in [0.4, 0.5) is 13.2 Å². The third kappa shape index (κ3) is 2.73. The van der Waals surface area contributed by atoms with Crippen LogP contribution in [0.3, 0.4) is 0 Å². The molecule has 1 aromatic rings. The van der Waals surface area contributed by atoms with Crippen LogP contribution in [0.2, 0.25) is 0 Å². The average Bonchev–Trinajstić information content (AvgIpc) is 2.47. The van der Waals surface area contributed by atoms with E-state index < -0.39 is 18.7 Å². The predicted octanol–water partition coefficient (Wildman–Crippen LogP) is 1.89. The van der Waals surface area contributed by atoms with Crippen molar-refractivity contribution in [1.82, 2.24) is 9.55 Å². The van der Waals surface area contributed by atoms with E-state index in [9.17, 15) is 18.3 Å². The van der Waals surface area contributed by atoms with E-state index in [-0.39, 0.29) is 5.82 Å². The van der Waals surface area contributed by atoms with Crippen molar-refractivity contribution in [3.8, 4) is 0 Å². The van der Waals surface area contributed by atoms with Crippen molar-refractivity contribution in [2.45, 2.75) is 32.2 Å². The van der Waals surface area contributed by atoms with Gasteiger partial charge in [-0.25, -0.2) is 4.98 Å². The lowest BCUT2D eigenvalue weighted by Crippen LogP contribution is -2.16. The molecule has 6 heteroatoms. The van der Waals surface area contributed by atoms with Gasteiger partial charge in [0.05, 0.1) is 6.42 Å². The second kappa shape index (κ2) is 4.00. The molecule has 0 saturated heterocycles. The van der Waals surface area contributed by atoms with Gasteiger partial charge in [0.1, 0.15) is 11.9 Å². The zero-order valence-electron chi connectivity index (χ0n) is 7.62. The van der Waals surface area contributed by atoms with Crippen LogP contribution in [0.25, 0.3) is 0 Å². The lowest BCUT2D eigenvalue weighted by molar-refractivity contribution is -0.155. The molecule has 1 rings (SSSR count). The summed E-state index contributed by atoms with van der Waals surface area (Å²) in [5.74, 6) is 0.0600. The van der Waals surface area contributed by atoms with Crippen LogP contribution in [-0.4, -0.2) is 20.8 Å². The highest BCUT2D eigenvalue weighted by atomic mass is 19.4. The number of hydrogen-bond donors (Lipinski definition) is 1. The summed E-state index contributed by atoms with van der Waals surface area (Å²) >= 11 is 0. The second-order valence-corrected chi connectivity index (χ2v) is 2.91. The van der Waals surface area contributed by atoms with Crippen molar-refractivity contribution < 1.29 is 18.3 Å². The first kappa shape index (κ1) is 11.0. The molecular formula is C8H11F3N2O. The van der Waals surface area contributed by atoms with Gasteiger partial charge < -0.3 is 9.67 Å². The van der Waals surface area contributed by atoms with Gasteiger partial charge in [0.25, 0.3) is 0 Å². The van der Waals surface area contributed by atoms with Crippen LogP contribution >= 0.6 is 0 Å². The summed E-state index contributed by atoms with van der Waals surface area (Å²) in [5.41, 5.74) is 0. The first-order valence-electron chi connectivity index (χ1n) is 4.20. The highest BCUT2D eigenvalue weighted by Gasteiger charge is 2.33. The molecule has 0 radical (unpaired) electrons. The minimum Gasteiger partial charge on any atom is -0.385 e. The van der Waals surface area contributed by atoms with Crippen LogP contribution < -0.4 is 0 Å². The first-order chi connectivity index (χ1) is 6.44. The molecule has 1 unspecified atom stereocenters. The lowest BCUT2D eigenvalue weighted by atomic mass is 10.2. The third-order valence-corrected chi connectivity index (χ3v) is 1.81. The van der Waals surface area contributed by atoms with Crippen molar-refractivity contribution in [2.75, 3.05) is 0 Å². The third-order valence-electron chi connectivity index (χ3n) is 1.81. The van der Waals surface area contributed by atoms with Crippen molar-refractivity contribution >= 4 is 0 Å². The quantitative estimate of drug-likeness (QED) is 0.823. The van der Waals surface area contributed by atoms with Gasteiger partial charge in [-0.3, -0.25) is 0 Å². The molecule has 80 valence electrons. The Morgan fingerprint density at radius 3 is 2.71 bits per heavy atom. The van der Waals surface area contributed by atoms with E-state index in [0.29, 0.717) is 6.54 Å². The Kier molecular flexibility index (Phi) is 3.15. The number of aromatic nitrogens is 2. The zero-order chi connectivity index (χ0) is 10.8. The fourth-order valence-electron chi connectivity index (χ4n) is 1.20. The summed E-state index contributed by atoms with van der Waals surface area (Å²) in [6.45, 7) is 2.26. The second-order valence-electron chi connectivity index (χ2n) is 2.91. The largest absolute Gasteiger partial charge is 0.392 e. The molecule has 0 aromatic carbocycles. The van der Waals surface area contributed by atoms with Crippen molar-refractivity contribution in [3.05, 3.63) is 18.2 Å². The number of nitrogens with zero attached hydrogens (tertiary/aromatic N) is 2. The van der Waals surface area contributed by atoms with Gasteiger partial charge >= 0.3 is 6.18 Å². The molecule has 0 aliphatic heterocycles. The summed E-state index contributed by atoms with van der Waals surface area (Å²) in [4.78, 5) is 3.68. The predicted molar refractivity (Wildman–Crippen MR) is 43.5 cm³/mol. The number of aliphatic hydroxyl groups excluding tert-OH is 1. The number of rotatable bonds is 3. The molecule has 3 nitrogen and oxygen atoms in total. The minimum absolute atomic E-state index is 0.0600. The average molecular weight is 208 g/mol. The van der Waals surface area contributed by atoms with Crippen molar-refractivity contribution in [2.24, 2.45) is 0 Å². The molecule has 0 spiro atoms. The van der Waals surface area contributed by atoms with Gasteiger partial charge in [-0.05, 0) is 6.92 Å². The standard InChI is InChI=1S/C8H11F3N2O/c1-2-13-4-3-12-7(13)6(14)5-8(9,10)11/h3-4,6,14H,2,5H2,1H3. The van der Waals surface area contributed by atoms with E-state index in [1.165, 1.54) is 17.0 Å². The molecule has 14 heavy (non-hydrogen) atoms. The molecular weight excluding hydrogens is 197 g/mol. The summed E-state index contributed by atoms with van der Waals surface area (Å²) < 4.78 is 37.3. The Hall–Kier alpha value is -1.04. The Morgan fingerprint density at radius 2 is 2.21 bits per heavy atom. The molecule has 0 amide bonds. The number of imidazole rings is 1. The molecule has 1 N–H and O–H groups in total. The fourth-order valence-corrected chi connectivity index (χ4v) is 1.20. The molecule has 1 atom stereocenters. The lowest BCUT2D eigenvalue weighted by Gasteiger charge is -2.13. The van der Waals surface area contributed by atoms with Crippen LogP contribution in [0, 0.1) is 0 Å². The Bertz CT molecular complexity index is 295. The van der Waals surface area contributed by atoms with Crippen LogP contribution in [0.15, 0.2) is 12.4 Å². The summed E-state index contributed by atoms with van der Waals surface area (Å²) in [6.07, 6.45) is -4.30. The summed E-state index contributed by atoms with van der Waals surface area (Å²) in [6, 6.07) is 0. The molecule has 0 aliphatic rings. The van der Waals surface area contributed by atoms with Crippen LogP contribution in [0.1, 0.15) is 25.3 Å². The van der Waals surface area contributed by atoms with E-state index in [1.54, 1.807) is 6.92 Å². The highest BCUT2D eigenvalue weighted by Crippen LogP contribution is 2.28. The van der Waals surface area contributed by atoms with Gasteiger partial charge in [-0.1, -0.05) is 0 Å². The zero-order valence-corrected chi connectivity index (χ0v) is 7.62. The summed E-state index contributed by atoms with van der Waals surface area (Å²) in [5, 5.41) is 9.25. The van der Waals surface area contributed by atoms with Crippen LogP contribution in [0.5, 0.6) is 0 Å². The fraction of sp³-hybridized carbons (Fsp3) is 0.625. The highest BCUT2D eigenvalue weighted by molar-refractivity contribution is 4.96. The Balaban J connectivity index is 2.74. The Morgan fingerprint density at radius 1 is 1.57 bits per heavy atom. The van der Waals surface area contributed by atoms with Gasteiger partial charge in [0.15, 0.2) is 0 Å². The number of alkyl halides is 3. The monoisotopic (exact) mass is 208 g/mol. The maximum Gasteiger partial charge on any atom is 0.392 e.